The van der Waals surface area contributed by atoms with Crippen molar-refractivity contribution < 1.29 is 14.6 Å². The first kappa shape index (κ1) is 18.6. The number of carbonyl (C=O) groups is 1. The van der Waals surface area contributed by atoms with Crippen LogP contribution >= 0.6 is 0 Å². The Bertz CT molecular complexity index is 1240. The second kappa shape index (κ2) is 7.41. The van der Waals surface area contributed by atoms with Crippen LogP contribution < -0.4 is 4.74 Å². The minimum atomic E-state index is -0.0997. The van der Waals surface area contributed by atoms with Crippen LogP contribution in [0.3, 0.4) is 0 Å². The summed E-state index contributed by atoms with van der Waals surface area (Å²) >= 11 is 0. The van der Waals surface area contributed by atoms with Gasteiger partial charge in [-0.25, -0.2) is 0 Å². The Kier molecular flexibility index (Phi) is 4.58. The van der Waals surface area contributed by atoms with Gasteiger partial charge in [0, 0.05) is 30.2 Å². The summed E-state index contributed by atoms with van der Waals surface area (Å²) in [5, 5.41) is 13.5. The number of amides is 1. The predicted molar refractivity (Wildman–Crippen MR) is 118 cm³/mol. The van der Waals surface area contributed by atoms with E-state index < -0.39 is 0 Å². The molecule has 2 N–H and O–H groups in total. The number of rotatable bonds is 3. The zero-order valence-electron chi connectivity index (χ0n) is 16.9. The fraction of sp³-hybridized carbons (Fsp3) is 0.240. The van der Waals surface area contributed by atoms with Crippen molar-refractivity contribution in [1.29, 1.82) is 0 Å². The molecule has 4 aromatic rings. The fourth-order valence-corrected chi connectivity index (χ4v) is 4.55. The monoisotopic (exact) mass is 400 g/mol. The summed E-state index contributed by atoms with van der Waals surface area (Å²) in [5.74, 6) is 1.18. The first-order valence-electron chi connectivity index (χ1n) is 10.3. The molecule has 1 aliphatic heterocycles. The molecule has 30 heavy (non-hydrogen) atoms. The lowest BCUT2D eigenvalue weighted by molar-refractivity contribution is 0.0710. The second-order valence-electron chi connectivity index (χ2n) is 7.94. The van der Waals surface area contributed by atoms with E-state index in [1.165, 1.54) is 10.9 Å². The maximum Gasteiger partial charge on any atom is 0.257 e. The van der Waals surface area contributed by atoms with Gasteiger partial charge in [-0.2, -0.15) is 0 Å². The second-order valence-corrected chi connectivity index (χ2v) is 7.94. The number of aromatic hydroxyl groups is 1. The number of fused-ring (bicyclic) bond motifs is 2. The first-order chi connectivity index (χ1) is 14.6. The molecule has 1 amide bonds. The van der Waals surface area contributed by atoms with Gasteiger partial charge in [0.2, 0.25) is 0 Å². The van der Waals surface area contributed by atoms with Gasteiger partial charge in [0.1, 0.15) is 11.5 Å². The predicted octanol–water partition coefficient (Wildman–Crippen LogP) is 5.06. The van der Waals surface area contributed by atoms with Crippen LogP contribution in [0.4, 0.5) is 0 Å². The minimum Gasteiger partial charge on any atom is -0.507 e. The van der Waals surface area contributed by atoms with Crippen molar-refractivity contribution >= 4 is 27.6 Å². The number of nitrogens with zero attached hydrogens (tertiary/aromatic N) is 1. The molecule has 1 aromatic heterocycles. The number of piperidine rings is 1. The normalized spacial score (nSPS) is 15.0. The Balaban J connectivity index is 1.35. The van der Waals surface area contributed by atoms with Crippen molar-refractivity contribution in [2.24, 2.45) is 0 Å². The van der Waals surface area contributed by atoms with E-state index in [-0.39, 0.29) is 11.7 Å². The van der Waals surface area contributed by atoms with Gasteiger partial charge in [-0.1, -0.05) is 24.3 Å². The Morgan fingerprint density at radius 2 is 1.80 bits per heavy atom. The van der Waals surface area contributed by atoms with E-state index in [0.717, 1.165) is 34.9 Å². The fourth-order valence-electron chi connectivity index (χ4n) is 4.55. The van der Waals surface area contributed by atoms with E-state index >= 15 is 0 Å². The minimum absolute atomic E-state index is 0.0459. The zero-order valence-corrected chi connectivity index (χ0v) is 16.9. The van der Waals surface area contributed by atoms with E-state index in [0.29, 0.717) is 24.6 Å². The van der Waals surface area contributed by atoms with Crippen molar-refractivity contribution in [2.45, 2.75) is 18.8 Å². The molecule has 1 fully saturated rings. The largest absolute Gasteiger partial charge is 0.507 e. The number of aromatic amines is 1. The summed E-state index contributed by atoms with van der Waals surface area (Å²) in [6, 6.07) is 17.3. The van der Waals surface area contributed by atoms with E-state index in [2.05, 4.69) is 17.2 Å². The highest BCUT2D eigenvalue weighted by Crippen LogP contribution is 2.35. The van der Waals surface area contributed by atoms with Crippen molar-refractivity contribution in [3.63, 3.8) is 0 Å². The third-order valence-electron chi connectivity index (χ3n) is 6.24. The number of benzene rings is 3. The quantitative estimate of drug-likeness (QED) is 0.505. The Labute approximate surface area is 174 Å². The van der Waals surface area contributed by atoms with Gasteiger partial charge in [-0.15, -0.1) is 0 Å². The van der Waals surface area contributed by atoms with Crippen LogP contribution in [0.5, 0.6) is 11.5 Å². The molecule has 0 atom stereocenters. The molecule has 1 aliphatic rings. The lowest BCUT2D eigenvalue weighted by atomic mass is 9.89. The Hall–Kier alpha value is -3.47. The van der Waals surface area contributed by atoms with Crippen LogP contribution in [0, 0.1) is 0 Å². The van der Waals surface area contributed by atoms with E-state index in [1.807, 2.05) is 41.3 Å². The van der Waals surface area contributed by atoms with Crippen molar-refractivity contribution in [3.8, 4) is 11.5 Å². The Morgan fingerprint density at radius 1 is 1.07 bits per heavy atom. The van der Waals surface area contributed by atoms with E-state index in [1.54, 1.807) is 19.2 Å². The van der Waals surface area contributed by atoms with Crippen molar-refractivity contribution in [2.75, 3.05) is 20.2 Å². The van der Waals surface area contributed by atoms with Gasteiger partial charge in [-0.3, -0.25) is 4.79 Å². The number of nitrogens with one attached hydrogen (secondary N) is 1. The third-order valence-corrected chi connectivity index (χ3v) is 6.24. The van der Waals surface area contributed by atoms with Crippen LogP contribution in [0.2, 0.25) is 0 Å². The summed E-state index contributed by atoms with van der Waals surface area (Å²) in [6.45, 7) is 1.35. The summed E-state index contributed by atoms with van der Waals surface area (Å²) in [4.78, 5) is 18.3. The topological polar surface area (TPSA) is 65.6 Å². The highest BCUT2D eigenvalue weighted by atomic mass is 16.5. The standard InChI is InChI=1S/C25H24N2O3/c1-30-19-6-7-23-20(14-19)22(15-26-23)16-8-10-27(11-9-16)25(29)21-12-17-4-2-3-5-18(17)13-24(21)28/h2-7,12-16,26,28H,8-11H2,1H3. The highest BCUT2D eigenvalue weighted by molar-refractivity contribution is 6.01. The molecule has 5 heteroatoms. The summed E-state index contributed by atoms with van der Waals surface area (Å²) in [5.41, 5.74) is 2.76. The van der Waals surface area contributed by atoms with Crippen LogP contribution in [-0.4, -0.2) is 41.1 Å². The maximum absolute atomic E-state index is 13.1. The number of hydrogen-bond acceptors (Lipinski definition) is 3. The molecule has 0 saturated carbocycles. The average Bonchev–Trinajstić information content (AvgIpc) is 3.21. The van der Waals surface area contributed by atoms with Gasteiger partial charge in [0.15, 0.2) is 0 Å². The number of carbonyl (C=O) groups excluding carboxylic acids is 1. The molecule has 0 bridgehead atoms. The zero-order chi connectivity index (χ0) is 20.7. The van der Waals surface area contributed by atoms with Gasteiger partial charge >= 0.3 is 0 Å². The number of methoxy groups -OCH3 is 1. The molecule has 152 valence electrons. The molecule has 0 spiro atoms. The molecule has 0 unspecified atom stereocenters. The average molecular weight is 400 g/mol. The molecular weight excluding hydrogens is 376 g/mol. The lowest BCUT2D eigenvalue weighted by Crippen LogP contribution is -2.37. The molecule has 3 aromatic carbocycles. The maximum atomic E-state index is 13.1. The number of ether oxygens (including phenoxy) is 1. The van der Waals surface area contributed by atoms with Gasteiger partial charge in [0.05, 0.1) is 12.7 Å². The van der Waals surface area contributed by atoms with E-state index in [4.69, 9.17) is 4.74 Å². The summed E-state index contributed by atoms with van der Waals surface area (Å²) < 4.78 is 5.38. The van der Waals surface area contributed by atoms with E-state index in [9.17, 15) is 9.90 Å². The van der Waals surface area contributed by atoms with Crippen LogP contribution in [0.15, 0.2) is 60.8 Å². The van der Waals surface area contributed by atoms with Crippen LogP contribution in [-0.2, 0) is 0 Å². The van der Waals surface area contributed by atoms with Crippen molar-refractivity contribution in [3.05, 3.63) is 71.9 Å². The first-order valence-corrected chi connectivity index (χ1v) is 10.3. The molecule has 2 heterocycles. The van der Waals surface area contributed by atoms with Crippen molar-refractivity contribution in [1.82, 2.24) is 9.88 Å². The SMILES string of the molecule is COc1ccc2[nH]cc(C3CCN(C(=O)c4cc5ccccc5cc4O)CC3)c2c1. The number of phenolic OH excluding ortho intramolecular Hbond substituents is 1. The highest BCUT2D eigenvalue weighted by Gasteiger charge is 2.27. The summed E-state index contributed by atoms with van der Waals surface area (Å²) in [6.07, 6.45) is 3.87. The number of hydrogen-bond donors (Lipinski definition) is 2. The lowest BCUT2D eigenvalue weighted by Gasteiger charge is -2.32. The molecular formula is C25H24N2O3. The Morgan fingerprint density at radius 3 is 2.53 bits per heavy atom. The molecule has 1 saturated heterocycles. The third kappa shape index (κ3) is 3.16. The summed E-state index contributed by atoms with van der Waals surface area (Å²) in [7, 11) is 1.68. The molecule has 5 nitrogen and oxygen atoms in total. The molecule has 0 radical (unpaired) electrons. The number of aromatic nitrogens is 1. The van der Waals surface area contributed by atoms with Gasteiger partial charge in [0.25, 0.3) is 5.91 Å². The molecule has 0 aliphatic carbocycles. The number of H-pyrrole nitrogens is 1. The van der Waals surface area contributed by atoms with Crippen LogP contribution in [0.1, 0.15) is 34.7 Å². The van der Waals surface area contributed by atoms with Crippen LogP contribution in [0.25, 0.3) is 21.7 Å². The van der Waals surface area contributed by atoms with Gasteiger partial charge < -0.3 is 19.7 Å². The molecule has 5 rings (SSSR count). The number of likely N-dealkylation sites (tertiary alicyclic amines) is 1. The van der Waals surface area contributed by atoms with Gasteiger partial charge in [-0.05, 0) is 65.4 Å². The smallest absolute Gasteiger partial charge is 0.257 e. The number of phenols is 1.